The molecule has 5 aromatic carbocycles. The molecule has 0 N–H and O–H groups in total. The maximum atomic E-state index is 2.73. The minimum atomic E-state index is -3.25. The molecule has 3 heteroatoms. The first-order valence-corrected chi connectivity index (χ1v) is 16.5. The molecule has 5 aromatic rings. The van der Waals surface area contributed by atoms with E-state index in [1.165, 1.54) is 55.5 Å². The molecule has 1 heterocycles. The first kappa shape index (κ1) is 25.3. The van der Waals surface area contributed by atoms with Crippen molar-refractivity contribution in [3.05, 3.63) is 149 Å². The van der Waals surface area contributed by atoms with Crippen LogP contribution in [0.1, 0.15) is 27.8 Å². The fourth-order valence-corrected chi connectivity index (χ4v) is 12.4. The van der Waals surface area contributed by atoms with Gasteiger partial charge in [-0.1, -0.05) is 83.9 Å². The molecule has 0 unspecified atom stereocenters. The number of hydrogen-bond acceptors (Lipinski definition) is 2. The molecule has 0 amide bonds. The van der Waals surface area contributed by atoms with E-state index in [0.717, 1.165) is 5.75 Å². The van der Waals surface area contributed by atoms with Gasteiger partial charge in [0.1, 0.15) is 0 Å². The summed E-state index contributed by atoms with van der Waals surface area (Å²) in [4.78, 5) is 1.38. The zero-order valence-electron chi connectivity index (χ0n) is 23.6. The van der Waals surface area contributed by atoms with E-state index in [0.29, 0.717) is 0 Å². The SMILES string of the molecule is Cc1ccc(C[SH]2(C)(c3ccc(C)cc3)N(c3ccccc3)c3cc(C)c(C)cc3N2c2ccccc2)cc1. The van der Waals surface area contributed by atoms with Crippen LogP contribution in [-0.2, 0) is 5.75 Å². The van der Waals surface area contributed by atoms with E-state index in [4.69, 9.17) is 0 Å². The van der Waals surface area contributed by atoms with Crippen LogP contribution in [0, 0.1) is 27.7 Å². The van der Waals surface area contributed by atoms with Gasteiger partial charge in [-0.3, -0.25) is 8.61 Å². The van der Waals surface area contributed by atoms with Gasteiger partial charge in [0.15, 0.2) is 0 Å². The summed E-state index contributed by atoms with van der Waals surface area (Å²) in [5.74, 6) is 0.908. The Morgan fingerprint density at radius 3 is 1.36 bits per heavy atom. The van der Waals surface area contributed by atoms with Crippen LogP contribution in [0.3, 0.4) is 0 Å². The van der Waals surface area contributed by atoms with Crippen LogP contribution in [0.25, 0.3) is 0 Å². The lowest BCUT2D eigenvalue weighted by Crippen LogP contribution is -2.42. The third-order valence-electron chi connectivity index (χ3n) is 8.50. The van der Waals surface area contributed by atoms with Crippen LogP contribution in [-0.4, -0.2) is 6.26 Å². The molecule has 1 aliphatic rings. The zero-order valence-corrected chi connectivity index (χ0v) is 24.5. The van der Waals surface area contributed by atoms with Crippen molar-refractivity contribution in [2.45, 2.75) is 38.3 Å². The summed E-state index contributed by atoms with van der Waals surface area (Å²) in [5, 5.41) is 0. The fraction of sp³-hybridized carbons (Fsp3) is 0.167. The van der Waals surface area contributed by atoms with Crippen molar-refractivity contribution in [1.29, 1.82) is 0 Å². The highest BCUT2D eigenvalue weighted by Crippen LogP contribution is 2.87. The Labute approximate surface area is 234 Å². The Balaban J connectivity index is 1.79. The van der Waals surface area contributed by atoms with Gasteiger partial charge in [-0.05, 0) is 99.2 Å². The van der Waals surface area contributed by atoms with E-state index < -0.39 is 9.53 Å². The molecule has 198 valence electrons. The van der Waals surface area contributed by atoms with Crippen molar-refractivity contribution in [3.63, 3.8) is 0 Å². The van der Waals surface area contributed by atoms with E-state index in [1.54, 1.807) is 0 Å². The van der Waals surface area contributed by atoms with E-state index in [1.807, 2.05) is 0 Å². The maximum absolute atomic E-state index is 3.25. The minimum Gasteiger partial charge on any atom is -0.299 e. The lowest BCUT2D eigenvalue weighted by molar-refractivity contribution is 1.22. The van der Waals surface area contributed by atoms with Crippen LogP contribution >= 0.6 is 9.53 Å². The molecule has 0 spiro atoms. The number of thiol groups is 1. The molecule has 0 saturated heterocycles. The highest BCUT2D eigenvalue weighted by molar-refractivity contribution is 8.51. The van der Waals surface area contributed by atoms with Crippen molar-refractivity contribution >= 4 is 32.3 Å². The molecular formula is C36H38N2S. The molecule has 39 heavy (non-hydrogen) atoms. The highest BCUT2D eigenvalue weighted by atomic mass is 32.3. The summed E-state index contributed by atoms with van der Waals surface area (Å²) < 4.78 is 5.45. The summed E-state index contributed by atoms with van der Waals surface area (Å²) >= 11 is 0. The molecule has 0 fully saturated rings. The second-order valence-corrected chi connectivity index (χ2v) is 16.3. The normalized spacial score (nSPS) is 16.4. The van der Waals surface area contributed by atoms with Gasteiger partial charge in [-0.25, -0.2) is 0 Å². The molecule has 0 aromatic heterocycles. The fourth-order valence-electron chi connectivity index (χ4n) is 6.34. The number of hydrogen-bond donors (Lipinski definition) is 1. The Bertz CT molecular complexity index is 1550. The highest BCUT2D eigenvalue weighted by Gasteiger charge is 2.55. The third-order valence-corrected chi connectivity index (χ3v) is 14.3. The number of para-hydroxylation sites is 2. The van der Waals surface area contributed by atoms with Gasteiger partial charge in [0.25, 0.3) is 0 Å². The first-order chi connectivity index (χ1) is 18.8. The quantitative estimate of drug-likeness (QED) is 0.226. The lowest BCUT2D eigenvalue weighted by atomic mass is 10.1. The molecule has 0 bridgehead atoms. The van der Waals surface area contributed by atoms with Crippen molar-refractivity contribution in [2.24, 2.45) is 0 Å². The smallest absolute Gasteiger partial charge is 0.0758 e. The number of benzene rings is 5. The second kappa shape index (κ2) is 9.36. The molecular weight excluding hydrogens is 492 g/mol. The number of aryl methyl sites for hydroxylation is 4. The molecule has 0 aliphatic carbocycles. The Morgan fingerprint density at radius 1 is 0.513 bits per heavy atom. The molecule has 0 radical (unpaired) electrons. The zero-order chi connectivity index (χ0) is 27.2. The van der Waals surface area contributed by atoms with Crippen LogP contribution in [0.5, 0.6) is 0 Å². The van der Waals surface area contributed by atoms with Crippen LogP contribution in [0.15, 0.2) is 126 Å². The second-order valence-electron chi connectivity index (χ2n) is 11.4. The van der Waals surface area contributed by atoms with E-state index in [-0.39, 0.29) is 0 Å². The van der Waals surface area contributed by atoms with Crippen LogP contribution in [0.2, 0.25) is 0 Å². The Kier molecular flexibility index (Phi) is 6.08. The van der Waals surface area contributed by atoms with Gasteiger partial charge in [-0.2, -0.15) is 0 Å². The molecule has 0 saturated carbocycles. The summed E-state index contributed by atoms with van der Waals surface area (Å²) in [7, 11) is -3.25. The van der Waals surface area contributed by atoms with Gasteiger partial charge in [-0.15, -0.1) is 9.53 Å². The number of fused-ring (bicyclic) bond motifs is 1. The molecule has 2 nitrogen and oxygen atoms in total. The van der Waals surface area contributed by atoms with Crippen molar-refractivity contribution in [3.8, 4) is 0 Å². The number of nitrogens with zero attached hydrogens (tertiary/aromatic N) is 2. The number of rotatable bonds is 5. The largest absolute Gasteiger partial charge is 0.299 e. The van der Waals surface area contributed by atoms with E-state index in [2.05, 4.69) is 164 Å². The van der Waals surface area contributed by atoms with Gasteiger partial charge in [0.05, 0.1) is 22.7 Å². The van der Waals surface area contributed by atoms with Crippen LogP contribution in [0.4, 0.5) is 22.7 Å². The lowest BCUT2D eigenvalue weighted by Gasteiger charge is -2.68. The number of anilines is 4. The molecule has 6 rings (SSSR count). The molecule has 0 atom stereocenters. The summed E-state index contributed by atoms with van der Waals surface area (Å²) in [6.07, 6.45) is 2.57. The van der Waals surface area contributed by atoms with Crippen molar-refractivity contribution < 1.29 is 0 Å². The van der Waals surface area contributed by atoms with Gasteiger partial charge < -0.3 is 0 Å². The average Bonchev–Trinajstić information content (AvgIpc) is 3.16. The maximum Gasteiger partial charge on any atom is 0.0758 e. The van der Waals surface area contributed by atoms with E-state index >= 15 is 0 Å². The Hall–Kier alpha value is -3.95. The minimum absolute atomic E-state index is 0.908. The summed E-state index contributed by atoms with van der Waals surface area (Å²) in [6.45, 7) is 8.82. The third kappa shape index (κ3) is 3.95. The first-order valence-electron chi connectivity index (χ1n) is 13.8. The van der Waals surface area contributed by atoms with Crippen LogP contribution < -0.4 is 8.61 Å². The topological polar surface area (TPSA) is 6.48 Å². The Morgan fingerprint density at radius 2 is 0.923 bits per heavy atom. The van der Waals surface area contributed by atoms with Gasteiger partial charge in [0, 0.05) is 10.6 Å². The van der Waals surface area contributed by atoms with Crippen molar-refractivity contribution in [1.82, 2.24) is 0 Å². The summed E-state index contributed by atoms with van der Waals surface area (Å²) in [6, 6.07) is 45.4. The standard InChI is InChI=1S/C36H38N2S/c1-27-16-20-31(21-17-27)26-39(5,34-22-18-28(2)19-23-34)37(32-12-8-6-9-13-32)35-24-29(3)30(4)25-36(35)38(39)33-14-10-7-11-15-33/h6-25,39H,26H2,1-5H3. The predicted octanol–water partition coefficient (Wildman–Crippen LogP) is 10.0. The van der Waals surface area contributed by atoms with Gasteiger partial charge >= 0.3 is 0 Å². The predicted molar refractivity (Wildman–Crippen MR) is 172 cm³/mol. The molecule has 1 aliphatic heterocycles. The van der Waals surface area contributed by atoms with E-state index in [9.17, 15) is 0 Å². The average molecular weight is 531 g/mol. The van der Waals surface area contributed by atoms with Crippen molar-refractivity contribution in [2.75, 3.05) is 14.9 Å². The van der Waals surface area contributed by atoms with Gasteiger partial charge in [0.2, 0.25) is 0 Å². The monoisotopic (exact) mass is 530 g/mol. The summed E-state index contributed by atoms with van der Waals surface area (Å²) in [5.41, 5.74) is 11.6.